The third kappa shape index (κ3) is 3.74. The summed E-state index contributed by atoms with van der Waals surface area (Å²) < 4.78 is 18.8. The Hall–Kier alpha value is -3.42. The smallest absolute Gasteiger partial charge is 0.314 e. The number of aromatic nitrogens is 3. The Bertz CT molecular complexity index is 919. The van der Waals surface area contributed by atoms with Crippen molar-refractivity contribution in [3.8, 4) is 23.1 Å². The fourth-order valence-electron chi connectivity index (χ4n) is 2.15. The minimum absolute atomic E-state index is 0.0980. The van der Waals surface area contributed by atoms with Crippen molar-refractivity contribution in [3.63, 3.8) is 0 Å². The summed E-state index contributed by atoms with van der Waals surface area (Å²) in [7, 11) is 0. The third-order valence-corrected chi connectivity index (χ3v) is 3.34. The van der Waals surface area contributed by atoms with Gasteiger partial charge in [0.05, 0.1) is 11.0 Å². The summed E-state index contributed by atoms with van der Waals surface area (Å²) in [5, 5.41) is 11.1. The molecule has 0 amide bonds. The van der Waals surface area contributed by atoms with Crippen LogP contribution in [0.3, 0.4) is 0 Å². The average molecular weight is 340 g/mol. The summed E-state index contributed by atoms with van der Waals surface area (Å²) in [6.45, 7) is 1.91. The van der Waals surface area contributed by atoms with Gasteiger partial charge in [0.1, 0.15) is 11.5 Å². The molecule has 2 aromatic heterocycles. The number of hydrogen-bond donors (Lipinski definition) is 0. The van der Waals surface area contributed by atoms with Crippen LogP contribution in [0.15, 0.2) is 48.7 Å². The van der Waals surface area contributed by atoms with E-state index in [2.05, 4.69) is 15.0 Å². The molecule has 25 heavy (non-hydrogen) atoms. The Labute approximate surface area is 142 Å². The van der Waals surface area contributed by atoms with Crippen LogP contribution >= 0.6 is 0 Å². The topological polar surface area (TPSA) is 91.0 Å². The molecular formula is C17H13FN4O3. The maximum atomic E-state index is 13.3. The van der Waals surface area contributed by atoms with Crippen molar-refractivity contribution in [2.75, 3.05) is 0 Å². The van der Waals surface area contributed by atoms with Crippen LogP contribution in [0.5, 0.6) is 11.6 Å². The van der Waals surface area contributed by atoms with Crippen LogP contribution < -0.4 is 4.74 Å². The number of rotatable bonds is 5. The van der Waals surface area contributed by atoms with Gasteiger partial charge in [0, 0.05) is 18.0 Å². The van der Waals surface area contributed by atoms with Crippen LogP contribution in [0.25, 0.3) is 11.5 Å². The van der Waals surface area contributed by atoms with Crippen molar-refractivity contribution < 1.29 is 14.1 Å². The highest BCUT2D eigenvalue weighted by molar-refractivity contribution is 5.51. The molecule has 0 fully saturated rings. The van der Waals surface area contributed by atoms with Gasteiger partial charge in [-0.05, 0) is 30.7 Å². The Balaban J connectivity index is 2.02. The lowest BCUT2D eigenvalue weighted by molar-refractivity contribution is -0.385. The first-order valence-electron chi connectivity index (χ1n) is 7.48. The molecule has 0 atom stereocenters. The molecule has 0 saturated heterocycles. The first-order chi connectivity index (χ1) is 12.1. The van der Waals surface area contributed by atoms with Crippen LogP contribution in [-0.2, 0) is 6.42 Å². The number of halogens is 1. The van der Waals surface area contributed by atoms with E-state index < -0.39 is 16.4 Å². The van der Waals surface area contributed by atoms with Gasteiger partial charge in [-0.25, -0.2) is 9.37 Å². The van der Waals surface area contributed by atoms with Crippen molar-refractivity contribution >= 4 is 5.69 Å². The normalized spacial score (nSPS) is 10.5. The van der Waals surface area contributed by atoms with Crippen LogP contribution in [0.2, 0.25) is 0 Å². The van der Waals surface area contributed by atoms with Crippen molar-refractivity contribution in [3.05, 3.63) is 70.3 Å². The molecule has 3 aromatic rings. The van der Waals surface area contributed by atoms with E-state index in [1.165, 1.54) is 6.07 Å². The zero-order valence-corrected chi connectivity index (χ0v) is 13.2. The number of aryl methyl sites for hydroxylation is 1. The monoisotopic (exact) mass is 340 g/mol. The lowest BCUT2D eigenvalue weighted by Crippen LogP contribution is -2.00. The minimum Gasteiger partial charge on any atom is -0.432 e. The predicted octanol–water partition coefficient (Wildman–Crippen LogP) is 3.94. The van der Waals surface area contributed by atoms with Crippen LogP contribution in [0.4, 0.5) is 10.1 Å². The molecule has 0 N–H and O–H groups in total. The number of nitro benzene ring substituents is 1. The van der Waals surface area contributed by atoms with Crippen molar-refractivity contribution in [1.82, 2.24) is 15.0 Å². The van der Waals surface area contributed by atoms with Crippen LogP contribution in [-0.4, -0.2) is 19.9 Å². The molecule has 2 heterocycles. The van der Waals surface area contributed by atoms with Gasteiger partial charge >= 0.3 is 5.69 Å². The molecule has 0 aliphatic rings. The van der Waals surface area contributed by atoms with E-state index in [1.54, 1.807) is 30.5 Å². The summed E-state index contributed by atoms with van der Waals surface area (Å²) in [6, 6.07) is 9.99. The van der Waals surface area contributed by atoms with E-state index in [-0.39, 0.29) is 11.6 Å². The maximum absolute atomic E-state index is 13.3. The van der Waals surface area contributed by atoms with Gasteiger partial charge in [0.25, 0.3) is 0 Å². The highest BCUT2D eigenvalue weighted by Crippen LogP contribution is 2.32. The van der Waals surface area contributed by atoms with Crippen LogP contribution in [0, 0.1) is 15.9 Å². The summed E-state index contributed by atoms with van der Waals surface area (Å²) >= 11 is 0. The SMILES string of the molecule is CCc1cc(Oc2ccc(F)cc2[N+](=O)[O-])nc(-c2ccccn2)n1. The molecule has 3 rings (SSSR count). The Kier molecular flexibility index (Phi) is 4.60. The first kappa shape index (κ1) is 16.4. The van der Waals surface area contributed by atoms with E-state index in [9.17, 15) is 14.5 Å². The molecule has 8 heteroatoms. The van der Waals surface area contributed by atoms with Crippen molar-refractivity contribution in [1.29, 1.82) is 0 Å². The summed E-state index contributed by atoms with van der Waals surface area (Å²) in [5.74, 6) is -0.341. The van der Waals surface area contributed by atoms with E-state index >= 15 is 0 Å². The largest absolute Gasteiger partial charge is 0.432 e. The number of pyridine rings is 1. The van der Waals surface area contributed by atoms with Gasteiger partial charge in [-0.1, -0.05) is 13.0 Å². The molecule has 7 nitrogen and oxygen atoms in total. The molecule has 0 aliphatic carbocycles. The highest BCUT2D eigenvalue weighted by Gasteiger charge is 2.18. The summed E-state index contributed by atoms with van der Waals surface area (Å²) in [5.41, 5.74) is 0.766. The molecule has 0 radical (unpaired) electrons. The highest BCUT2D eigenvalue weighted by atomic mass is 19.1. The van der Waals surface area contributed by atoms with E-state index in [0.29, 0.717) is 23.6 Å². The predicted molar refractivity (Wildman–Crippen MR) is 87.8 cm³/mol. The van der Waals surface area contributed by atoms with Gasteiger partial charge in [-0.2, -0.15) is 4.98 Å². The number of nitro groups is 1. The number of benzene rings is 1. The van der Waals surface area contributed by atoms with Crippen LogP contribution in [0.1, 0.15) is 12.6 Å². The Morgan fingerprint density at radius 2 is 2.04 bits per heavy atom. The summed E-state index contributed by atoms with van der Waals surface area (Å²) in [4.78, 5) is 23.2. The molecular weight excluding hydrogens is 327 g/mol. The average Bonchev–Trinajstić information content (AvgIpc) is 2.63. The number of nitrogens with zero attached hydrogens (tertiary/aromatic N) is 4. The molecule has 0 unspecified atom stereocenters. The second kappa shape index (κ2) is 7.00. The van der Waals surface area contributed by atoms with E-state index in [0.717, 1.165) is 12.1 Å². The molecule has 0 saturated carbocycles. The number of ether oxygens (including phenoxy) is 1. The van der Waals surface area contributed by atoms with Crippen molar-refractivity contribution in [2.45, 2.75) is 13.3 Å². The number of hydrogen-bond acceptors (Lipinski definition) is 6. The van der Waals surface area contributed by atoms with Gasteiger partial charge in [-0.15, -0.1) is 0 Å². The second-order valence-electron chi connectivity index (χ2n) is 5.06. The Morgan fingerprint density at radius 1 is 1.20 bits per heavy atom. The summed E-state index contributed by atoms with van der Waals surface area (Å²) in [6.07, 6.45) is 2.23. The standard InChI is InChI=1S/C17H13FN4O3/c1-2-12-10-16(21-17(20-12)13-5-3-4-8-19-13)25-15-7-6-11(18)9-14(15)22(23)24/h3-10H,2H2,1H3. The van der Waals surface area contributed by atoms with Gasteiger partial charge in [0.2, 0.25) is 11.6 Å². The molecule has 126 valence electrons. The van der Waals surface area contributed by atoms with E-state index in [1.807, 2.05) is 6.92 Å². The van der Waals surface area contributed by atoms with Gasteiger partial charge < -0.3 is 4.74 Å². The fourth-order valence-corrected chi connectivity index (χ4v) is 2.15. The third-order valence-electron chi connectivity index (χ3n) is 3.34. The first-order valence-corrected chi connectivity index (χ1v) is 7.48. The molecule has 1 aromatic carbocycles. The fraction of sp³-hybridized carbons (Fsp3) is 0.118. The second-order valence-corrected chi connectivity index (χ2v) is 5.06. The zero-order valence-electron chi connectivity index (χ0n) is 13.2. The molecule has 0 aliphatic heterocycles. The lowest BCUT2D eigenvalue weighted by Gasteiger charge is -2.09. The van der Waals surface area contributed by atoms with Gasteiger partial charge in [0.15, 0.2) is 5.82 Å². The van der Waals surface area contributed by atoms with E-state index in [4.69, 9.17) is 4.74 Å². The maximum Gasteiger partial charge on any atom is 0.314 e. The molecule has 0 spiro atoms. The Morgan fingerprint density at radius 3 is 2.72 bits per heavy atom. The quantitative estimate of drug-likeness (QED) is 0.516. The molecule has 0 bridgehead atoms. The van der Waals surface area contributed by atoms with Gasteiger partial charge in [-0.3, -0.25) is 15.1 Å². The van der Waals surface area contributed by atoms with Crippen molar-refractivity contribution in [2.24, 2.45) is 0 Å². The zero-order chi connectivity index (χ0) is 17.8. The minimum atomic E-state index is -0.717. The lowest BCUT2D eigenvalue weighted by atomic mass is 10.2.